The van der Waals surface area contributed by atoms with Gasteiger partial charge in [0, 0.05) is 77.9 Å². The van der Waals surface area contributed by atoms with Gasteiger partial charge in [-0.2, -0.15) is 0 Å². The van der Waals surface area contributed by atoms with Crippen LogP contribution in [-0.4, -0.2) is 260 Å². The molecule has 0 saturated carbocycles. The predicted molar refractivity (Wildman–Crippen MR) is 445 cm³/mol. The average Bonchev–Trinajstić information content (AvgIpc) is 0.983. The average molecular weight is 1670 g/mol. The maximum atomic E-state index is 14.5. The Balaban J connectivity index is 1.09. The van der Waals surface area contributed by atoms with Gasteiger partial charge < -0.3 is 88.7 Å². The maximum Gasteiger partial charge on any atom is 0.248 e. The SMILES string of the molecule is CC[C@](C)(NC(=O)C(CC(C)C)NC(=O)[C@H](C)NC(=O)C(C)(C)NC(=O)[C@@H]1CCCCN1C(=O)C(C)(C)NC(=O)C(C)(C)NC(=O)CNC(=O)CCNC(=O)[C@H](CC(C)C)NC(=O)[C@](C)(CC)NC(=O)[C@](C)(CC)NC(=O)[C@@H]1CCCCN1C(=O)C(C)(C)NC(=O)[C@@H]1CCCCN1C(C)=O)C(=O)NC(CC(C)C)CN1CCC[NH+]2CCCC12. The summed E-state index contributed by atoms with van der Waals surface area (Å²) in [7, 11) is 0. The summed E-state index contributed by atoms with van der Waals surface area (Å²) in [5.41, 5.74) is -11.0. The van der Waals surface area contributed by atoms with Gasteiger partial charge in [-0.3, -0.25) is 81.6 Å². The molecule has 34 heteroatoms. The van der Waals surface area contributed by atoms with Crippen LogP contribution >= 0.6 is 0 Å². The number of nitrogens with zero attached hydrogens (tertiary/aromatic N) is 4. The molecule has 5 fully saturated rings. The van der Waals surface area contributed by atoms with Crippen molar-refractivity contribution in [3.8, 4) is 0 Å². The molecule has 5 saturated heterocycles. The van der Waals surface area contributed by atoms with Gasteiger partial charge in [-0.15, -0.1) is 0 Å². The number of nitrogens with one attached hydrogen (secondary N) is 14. The number of hydrogen-bond donors (Lipinski definition) is 14. The second kappa shape index (κ2) is 43.1. The molecule has 5 rings (SSSR count). The molecule has 0 aromatic heterocycles. The molecular formula is C84H147N18O16+. The number of fused-ring (bicyclic) bond motifs is 1. The van der Waals surface area contributed by atoms with Crippen molar-refractivity contribution >= 4 is 94.5 Å². The lowest BCUT2D eigenvalue weighted by atomic mass is 9.90. The molecule has 668 valence electrons. The van der Waals surface area contributed by atoms with Gasteiger partial charge in [0.05, 0.1) is 19.6 Å². The standard InChI is InChI=1S/C84H146N18O16/c1-23-82(20,73(114)88-56(46-51(4)5)50-99-42-33-41-98-40-32-37-64(98)99)94-67(108)58(48-53(8)9)89-65(106)54(10)87-71(112)78(12,13)92-69(110)60-35-27-30-44-101(60)77(118)81(18,19)96-72(113)79(14,15)91-63(105)49-86-62(104)38-39-85-66(107)57(47-52(6)7)90-74(115)83(21,24-2)97-75(116)84(22,25-3)95-70(111)61-36-28-31-45-102(61)76(117)80(16,17)93-68(109)59-34-26-29-43-100(59)55(11)103/h51-54,56-61,64H,23-50H2,1-22H3,(H,85,107)(H,86,104)(H,87,112)(H,88,114)(H,89,106)(H,90,115)(H,91,105)(H,92,110)(H,93,109)(H,94,108)(H,95,111)(H,96,113)(H,97,116)/p+1/t54-,56?,57-,58?,59-,60-,61-,64?,82-,83-,84-/m0/s1. The second-order valence-electron chi connectivity index (χ2n) is 37.5. The van der Waals surface area contributed by atoms with Crippen LogP contribution in [0.15, 0.2) is 0 Å². The van der Waals surface area contributed by atoms with Crippen molar-refractivity contribution in [1.29, 1.82) is 0 Å². The Morgan fingerprint density at radius 1 is 0.390 bits per heavy atom. The van der Waals surface area contributed by atoms with Crippen molar-refractivity contribution in [1.82, 2.24) is 88.7 Å². The summed E-state index contributed by atoms with van der Waals surface area (Å²) >= 11 is 0. The molecule has 0 aromatic carbocycles. The van der Waals surface area contributed by atoms with Gasteiger partial charge in [-0.25, -0.2) is 0 Å². The number of hydrogen-bond acceptors (Lipinski definition) is 17. The summed E-state index contributed by atoms with van der Waals surface area (Å²) < 4.78 is 0. The van der Waals surface area contributed by atoms with Gasteiger partial charge in [0.1, 0.15) is 81.2 Å². The Kier molecular flexibility index (Phi) is 36.5. The van der Waals surface area contributed by atoms with E-state index in [0.29, 0.717) is 57.3 Å². The molecule has 0 radical (unpaired) electrons. The van der Waals surface area contributed by atoms with Crippen LogP contribution < -0.4 is 74.0 Å². The van der Waals surface area contributed by atoms with Crippen LogP contribution in [0.2, 0.25) is 0 Å². The van der Waals surface area contributed by atoms with Gasteiger partial charge >= 0.3 is 0 Å². The Morgan fingerprint density at radius 3 is 1.36 bits per heavy atom. The van der Waals surface area contributed by atoms with Crippen molar-refractivity contribution in [2.45, 2.75) is 362 Å². The fraction of sp³-hybridized carbons (Fsp3) is 0.810. The van der Waals surface area contributed by atoms with E-state index in [4.69, 9.17) is 0 Å². The number of rotatable bonds is 40. The summed E-state index contributed by atoms with van der Waals surface area (Å²) in [6.45, 7) is 40.0. The second-order valence-corrected chi connectivity index (χ2v) is 37.5. The van der Waals surface area contributed by atoms with Gasteiger partial charge in [-0.1, -0.05) is 62.3 Å². The third kappa shape index (κ3) is 27.7. The van der Waals surface area contributed by atoms with E-state index in [1.54, 1.807) is 39.5 Å². The lowest BCUT2D eigenvalue weighted by molar-refractivity contribution is -0.930. The van der Waals surface area contributed by atoms with Crippen LogP contribution in [0.1, 0.15) is 274 Å². The van der Waals surface area contributed by atoms with E-state index in [9.17, 15) is 76.7 Å². The van der Waals surface area contributed by atoms with Crippen LogP contribution in [0.3, 0.4) is 0 Å². The third-order valence-corrected chi connectivity index (χ3v) is 24.0. The fourth-order valence-corrected chi connectivity index (χ4v) is 16.1. The minimum absolute atomic E-state index is 0.0488. The van der Waals surface area contributed by atoms with Crippen molar-refractivity contribution in [2.24, 2.45) is 17.8 Å². The Labute approximate surface area is 700 Å². The van der Waals surface area contributed by atoms with Gasteiger partial charge in [0.25, 0.3) is 0 Å². The lowest BCUT2D eigenvalue weighted by Gasteiger charge is -2.42. The minimum Gasteiger partial charge on any atom is -0.354 e. The summed E-state index contributed by atoms with van der Waals surface area (Å²) in [6.07, 6.45) is 9.77. The van der Waals surface area contributed by atoms with Crippen LogP contribution in [-0.2, 0) is 76.7 Å². The molecule has 0 bridgehead atoms. The number of piperidine rings is 3. The fourth-order valence-electron chi connectivity index (χ4n) is 16.1. The molecule has 14 N–H and O–H groups in total. The summed E-state index contributed by atoms with van der Waals surface area (Å²) in [6, 6.07) is -6.38. The van der Waals surface area contributed by atoms with E-state index < -0.39 is 164 Å². The van der Waals surface area contributed by atoms with Crippen molar-refractivity contribution in [3.63, 3.8) is 0 Å². The molecule has 118 heavy (non-hydrogen) atoms. The van der Waals surface area contributed by atoms with E-state index in [2.05, 4.69) is 87.9 Å². The van der Waals surface area contributed by atoms with E-state index >= 15 is 0 Å². The van der Waals surface area contributed by atoms with Crippen LogP contribution in [0.5, 0.6) is 0 Å². The lowest BCUT2D eigenvalue weighted by Crippen LogP contribution is -3.16. The maximum absolute atomic E-state index is 14.5. The largest absolute Gasteiger partial charge is 0.354 e. The minimum atomic E-state index is -1.67. The van der Waals surface area contributed by atoms with Crippen LogP contribution in [0.25, 0.3) is 0 Å². The zero-order chi connectivity index (χ0) is 89.0. The monoisotopic (exact) mass is 1660 g/mol. The molecule has 0 aliphatic carbocycles. The molecule has 0 spiro atoms. The van der Waals surface area contributed by atoms with Crippen LogP contribution in [0, 0.1) is 17.8 Å². The number of likely N-dealkylation sites (tertiary alicyclic amines) is 3. The predicted octanol–water partition coefficient (Wildman–Crippen LogP) is 1.01. The van der Waals surface area contributed by atoms with E-state index in [1.165, 1.54) is 90.4 Å². The Morgan fingerprint density at radius 2 is 0.839 bits per heavy atom. The first-order chi connectivity index (χ1) is 54.8. The number of amides is 16. The first kappa shape index (κ1) is 100. The molecule has 5 heterocycles. The Hall–Kier alpha value is -8.56. The molecular weight excluding hydrogens is 1520 g/mol. The van der Waals surface area contributed by atoms with Gasteiger partial charge in [-0.05, 0) is 197 Å². The Bertz CT molecular complexity index is 3600. The summed E-state index contributed by atoms with van der Waals surface area (Å²) in [5, 5.41) is 36.2. The smallest absolute Gasteiger partial charge is 0.248 e. The van der Waals surface area contributed by atoms with Crippen molar-refractivity contribution in [2.75, 3.05) is 58.9 Å². The summed E-state index contributed by atoms with van der Waals surface area (Å²) in [4.78, 5) is 231. The third-order valence-electron chi connectivity index (χ3n) is 24.0. The number of carbonyl (C=O) groups is 16. The zero-order valence-electron chi connectivity index (χ0n) is 75.0. The highest BCUT2D eigenvalue weighted by Gasteiger charge is 2.49. The van der Waals surface area contributed by atoms with E-state index in [0.717, 1.165) is 51.7 Å². The van der Waals surface area contributed by atoms with Gasteiger partial charge in [0.15, 0.2) is 0 Å². The quantitative estimate of drug-likeness (QED) is 0.0407. The highest BCUT2D eigenvalue weighted by atomic mass is 16.2. The summed E-state index contributed by atoms with van der Waals surface area (Å²) in [5.74, 6) is -9.56. The number of carbonyl (C=O) groups excluding carboxylic acids is 16. The molecule has 5 aliphatic rings. The highest BCUT2D eigenvalue weighted by Crippen LogP contribution is 2.28. The molecule has 5 aliphatic heterocycles. The normalized spacial score (nSPS) is 21.4. The number of quaternary nitrogens is 1. The zero-order valence-corrected chi connectivity index (χ0v) is 75.0. The molecule has 16 amide bonds. The first-order valence-electron chi connectivity index (χ1n) is 43.3. The molecule has 34 nitrogen and oxygen atoms in total. The molecule has 12 atom stereocenters. The topological polar surface area (TPSA) is 447 Å². The van der Waals surface area contributed by atoms with E-state index in [-0.39, 0.29) is 101 Å². The molecule has 4 unspecified atom stereocenters. The van der Waals surface area contributed by atoms with Crippen LogP contribution in [0.4, 0.5) is 0 Å². The van der Waals surface area contributed by atoms with Crippen molar-refractivity contribution < 1.29 is 81.6 Å². The molecule has 0 aromatic rings. The van der Waals surface area contributed by atoms with E-state index in [1.807, 2.05) is 34.6 Å². The van der Waals surface area contributed by atoms with Gasteiger partial charge in [0.2, 0.25) is 94.5 Å². The first-order valence-corrected chi connectivity index (χ1v) is 43.3. The highest BCUT2D eigenvalue weighted by molar-refractivity contribution is 6.03. The van der Waals surface area contributed by atoms with Crippen molar-refractivity contribution in [3.05, 3.63) is 0 Å².